The van der Waals surface area contributed by atoms with Crippen molar-refractivity contribution in [1.29, 1.82) is 5.26 Å². The maximum absolute atomic E-state index is 13.9. The monoisotopic (exact) mass is 277 g/mol. The molecule has 1 aromatic rings. The quantitative estimate of drug-likeness (QED) is 0.908. The van der Waals surface area contributed by atoms with E-state index in [4.69, 9.17) is 5.26 Å². The molecule has 0 aliphatic carbocycles. The predicted octanol–water partition coefficient (Wildman–Crippen LogP) is 1.59. The second-order valence-corrected chi connectivity index (χ2v) is 5.13. The van der Waals surface area contributed by atoms with Crippen molar-refractivity contribution in [2.24, 2.45) is 0 Å². The fraction of sp³-hybridized carbons (Fsp3) is 0.533. The molecule has 0 saturated carbocycles. The number of rotatable bonds is 4. The van der Waals surface area contributed by atoms with Crippen molar-refractivity contribution in [1.82, 2.24) is 4.90 Å². The van der Waals surface area contributed by atoms with Crippen LogP contribution in [-0.2, 0) is 0 Å². The third-order valence-electron chi connectivity index (χ3n) is 3.73. The molecule has 1 N–H and O–H groups in total. The number of nitriles is 1. The Morgan fingerprint density at radius 2 is 2.05 bits per heavy atom. The molecule has 0 bridgehead atoms. The van der Waals surface area contributed by atoms with Crippen molar-refractivity contribution in [3.63, 3.8) is 0 Å². The SMILES string of the molecule is CCC(O)CN1CCN(c2ccc(C#N)cc2F)CC1. The minimum absolute atomic E-state index is 0.284. The lowest BCUT2D eigenvalue weighted by Gasteiger charge is -2.36. The third-order valence-corrected chi connectivity index (χ3v) is 3.73. The first-order valence-electron chi connectivity index (χ1n) is 6.99. The second kappa shape index (κ2) is 6.69. The van der Waals surface area contributed by atoms with Gasteiger partial charge in [-0.1, -0.05) is 6.92 Å². The Kier molecular flexibility index (Phi) is 4.94. The molecule has 1 heterocycles. The number of piperazine rings is 1. The summed E-state index contributed by atoms with van der Waals surface area (Å²) in [4.78, 5) is 4.19. The summed E-state index contributed by atoms with van der Waals surface area (Å²) in [6, 6.07) is 6.53. The van der Waals surface area contributed by atoms with Crippen molar-refractivity contribution >= 4 is 5.69 Å². The largest absolute Gasteiger partial charge is 0.392 e. The molecule has 1 fully saturated rings. The number of halogens is 1. The average molecular weight is 277 g/mol. The molecule has 0 amide bonds. The average Bonchev–Trinajstić information content (AvgIpc) is 2.48. The second-order valence-electron chi connectivity index (χ2n) is 5.13. The Hall–Kier alpha value is -1.64. The maximum atomic E-state index is 13.9. The molecule has 1 aliphatic rings. The van der Waals surface area contributed by atoms with Gasteiger partial charge in [0.25, 0.3) is 0 Å². The Morgan fingerprint density at radius 1 is 1.35 bits per heavy atom. The molecular formula is C15H20FN3O. The van der Waals surface area contributed by atoms with E-state index in [0.717, 1.165) is 32.6 Å². The van der Waals surface area contributed by atoms with Crippen LogP contribution in [-0.4, -0.2) is 48.8 Å². The number of aliphatic hydroxyl groups excluding tert-OH is 1. The molecule has 2 rings (SSSR count). The van der Waals surface area contributed by atoms with Crippen LogP contribution in [0.15, 0.2) is 18.2 Å². The van der Waals surface area contributed by atoms with Crippen LogP contribution in [0.4, 0.5) is 10.1 Å². The summed E-state index contributed by atoms with van der Waals surface area (Å²) in [5.41, 5.74) is 0.899. The molecule has 1 aliphatic heterocycles. The van der Waals surface area contributed by atoms with Gasteiger partial charge in [0.2, 0.25) is 0 Å². The molecule has 0 radical (unpaired) electrons. The molecule has 108 valence electrons. The van der Waals surface area contributed by atoms with Gasteiger partial charge < -0.3 is 10.0 Å². The summed E-state index contributed by atoms with van der Waals surface area (Å²) < 4.78 is 13.9. The molecule has 1 atom stereocenters. The molecular weight excluding hydrogens is 257 g/mol. The standard InChI is InChI=1S/C15H20FN3O/c1-2-13(20)11-18-5-7-19(8-6-18)15-4-3-12(10-17)9-14(15)16/h3-4,9,13,20H,2,5-8,11H2,1H3. The van der Waals surface area contributed by atoms with Gasteiger partial charge in [-0.25, -0.2) is 4.39 Å². The summed E-state index contributed by atoms with van der Waals surface area (Å²) in [5, 5.41) is 18.4. The summed E-state index contributed by atoms with van der Waals surface area (Å²) in [6.07, 6.45) is 0.470. The molecule has 20 heavy (non-hydrogen) atoms. The van der Waals surface area contributed by atoms with Gasteiger partial charge in [-0.2, -0.15) is 5.26 Å². The van der Waals surface area contributed by atoms with Crippen LogP contribution in [0.3, 0.4) is 0 Å². The van der Waals surface area contributed by atoms with E-state index in [1.54, 1.807) is 12.1 Å². The van der Waals surface area contributed by atoms with E-state index in [1.165, 1.54) is 6.07 Å². The van der Waals surface area contributed by atoms with Crippen LogP contribution in [0.1, 0.15) is 18.9 Å². The highest BCUT2D eigenvalue weighted by Crippen LogP contribution is 2.21. The van der Waals surface area contributed by atoms with Crippen LogP contribution in [0.5, 0.6) is 0 Å². The third kappa shape index (κ3) is 3.47. The normalized spacial score (nSPS) is 17.8. The molecule has 1 saturated heterocycles. The lowest BCUT2D eigenvalue weighted by molar-refractivity contribution is 0.106. The van der Waals surface area contributed by atoms with E-state index < -0.39 is 0 Å². The molecule has 0 spiro atoms. The Balaban J connectivity index is 1.95. The van der Waals surface area contributed by atoms with E-state index in [2.05, 4.69) is 4.90 Å². The van der Waals surface area contributed by atoms with E-state index in [9.17, 15) is 9.50 Å². The van der Waals surface area contributed by atoms with E-state index in [1.807, 2.05) is 17.9 Å². The van der Waals surface area contributed by atoms with Gasteiger partial charge in [0.15, 0.2) is 0 Å². The number of β-amino-alcohol motifs (C(OH)–C–C–N with tert-alkyl or cyclic N) is 1. The van der Waals surface area contributed by atoms with Crippen molar-refractivity contribution < 1.29 is 9.50 Å². The van der Waals surface area contributed by atoms with E-state index in [0.29, 0.717) is 17.8 Å². The summed E-state index contributed by atoms with van der Waals surface area (Å²) in [6.45, 7) is 5.75. The lowest BCUT2D eigenvalue weighted by atomic mass is 10.1. The van der Waals surface area contributed by atoms with Crippen LogP contribution in [0.25, 0.3) is 0 Å². The number of nitrogens with zero attached hydrogens (tertiary/aromatic N) is 3. The van der Waals surface area contributed by atoms with Crippen molar-refractivity contribution in [2.75, 3.05) is 37.6 Å². The zero-order chi connectivity index (χ0) is 14.5. The first-order chi connectivity index (χ1) is 9.63. The fourth-order valence-electron chi connectivity index (χ4n) is 2.43. The Morgan fingerprint density at radius 3 is 2.60 bits per heavy atom. The first kappa shape index (κ1) is 14.8. The van der Waals surface area contributed by atoms with Crippen molar-refractivity contribution in [3.8, 4) is 6.07 Å². The Labute approximate surface area is 119 Å². The Bertz CT molecular complexity index is 492. The summed E-state index contributed by atoms with van der Waals surface area (Å²) >= 11 is 0. The summed E-state index contributed by atoms with van der Waals surface area (Å²) in [7, 11) is 0. The van der Waals surface area contributed by atoms with Gasteiger partial charge in [0, 0.05) is 32.7 Å². The number of hydrogen-bond acceptors (Lipinski definition) is 4. The van der Waals surface area contributed by atoms with Crippen LogP contribution in [0.2, 0.25) is 0 Å². The van der Waals surface area contributed by atoms with E-state index >= 15 is 0 Å². The van der Waals surface area contributed by atoms with Gasteiger partial charge >= 0.3 is 0 Å². The lowest BCUT2D eigenvalue weighted by Crippen LogP contribution is -2.48. The van der Waals surface area contributed by atoms with Gasteiger partial charge in [0.05, 0.1) is 23.4 Å². The molecule has 4 nitrogen and oxygen atoms in total. The van der Waals surface area contributed by atoms with Crippen LogP contribution < -0.4 is 4.90 Å². The number of benzene rings is 1. The van der Waals surface area contributed by atoms with Crippen LogP contribution >= 0.6 is 0 Å². The number of anilines is 1. The minimum Gasteiger partial charge on any atom is -0.392 e. The first-order valence-corrected chi connectivity index (χ1v) is 6.99. The van der Waals surface area contributed by atoms with Gasteiger partial charge in [0.1, 0.15) is 5.82 Å². The van der Waals surface area contributed by atoms with Gasteiger partial charge in [-0.05, 0) is 24.6 Å². The van der Waals surface area contributed by atoms with Gasteiger partial charge in [-0.3, -0.25) is 4.90 Å². The van der Waals surface area contributed by atoms with Crippen molar-refractivity contribution in [2.45, 2.75) is 19.4 Å². The highest BCUT2D eigenvalue weighted by atomic mass is 19.1. The molecule has 1 aromatic carbocycles. The summed E-state index contributed by atoms with van der Waals surface area (Å²) in [5.74, 6) is -0.342. The maximum Gasteiger partial charge on any atom is 0.147 e. The highest BCUT2D eigenvalue weighted by Gasteiger charge is 2.20. The van der Waals surface area contributed by atoms with Gasteiger partial charge in [-0.15, -0.1) is 0 Å². The predicted molar refractivity (Wildman–Crippen MR) is 76.1 cm³/mol. The zero-order valence-electron chi connectivity index (χ0n) is 11.7. The van der Waals surface area contributed by atoms with Crippen LogP contribution in [0, 0.1) is 17.1 Å². The van der Waals surface area contributed by atoms with E-state index in [-0.39, 0.29) is 11.9 Å². The minimum atomic E-state index is -0.342. The molecule has 5 heteroatoms. The topological polar surface area (TPSA) is 50.5 Å². The smallest absolute Gasteiger partial charge is 0.147 e. The molecule has 1 unspecified atom stereocenters. The number of aliphatic hydroxyl groups is 1. The van der Waals surface area contributed by atoms with Crippen molar-refractivity contribution in [3.05, 3.63) is 29.6 Å². The highest BCUT2D eigenvalue weighted by molar-refractivity contribution is 5.51. The molecule has 0 aromatic heterocycles. The zero-order valence-corrected chi connectivity index (χ0v) is 11.7. The number of hydrogen-bond donors (Lipinski definition) is 1. The fourth-order valence-corrected chi connectivity index (χ4v) is 2.43.